The zero-order chi connectivity index (χ0) is 20.3. The third-order valence-electron chi connectivity index (χ3n) is 4.32. The molecule has 3 N–H and O–H groups in total. The van der Waals surface area contributed by atoms with Gasteiger partial charge in [-0.25, -0.2) is 13.1 Å². The third-order valence-corrected chi connectivity index (χ3v) is 6.62. The van der Waals surface area contributed by atoms with Gasteiger partial charge in [-0.15, -0.1) is 0 Å². The molecule has 1 aliphatic carbocycles. The molecule has 3 rings (SSSR count). The van der Waals surface area contributed by atoms with Crippen LogP contribution in [0.4, 0.5) is 0 Å². The van der Waals surface area contributed by atoms with E-state index in [1.165, 1.54) is 12.1 Å². The van der Waals surface area contributed by atoms with Crippen LogP contribution in [0.1, 0.15) is 35.2 Å². The van der Waals surface area contributed by atoms with Crippen LogP contribution in [-0.4, -0.2) is 32.0 Å². The lowest BCUT2D eigenvalue weighted by Crippen LogP contribution is -2.28. The number of phenols is 1. The van der Waals surface area contributed by atoms with Crippen LogP contribution in [0.2, 0.25) is 10.0 Å². The van der Waals surface area contributed by atoms with Gasteiger partial charge in [0.25, 0.3) is 5.91 Å². The zero-order valence-corrected chi connectivity index (χ0v) is 17.2. The highest BCUT2D eigenvalue weighted by Gasteiger charge is 2.30. The van der Waals surface area contributed by atoms with Crippen molar-refractivity contribution in [2.24, 2.45) is 0 Å². The molecule has 6 nitrogen and oxygen atoms in total. The lowest BCUT2D eigenvalue weighted by Gasteiger charge is -2.12. The molecule has 1 saturated carbocycles. The van der Waals surface area contributed by atoms with E-state index >= 15 is 0 Å². The Labute approximate surface area is 173 Å². The van der Waals surface area contributed by atoms with E-state index < -0.39 is 15.9 Å². The molecule has 0 unspecified atom stereocenters. The van der Waals surface area contributed by atoms with Gasteiger partial charge in [0.1, 0.15) is 10.6 Å². The number of halogens is 2. The Morgan fingerprint density at radius 2 is 1.79 bits per heavy atom. The number of aromatic hydroxyl groups is 1. The predicted molar refractivity (Wildman–Crippen MR) is 109 cm³/mol. The second kappa shape index (κ2) is 8.69. The maximum Gasteiger partial charge on any atom is 0.252 e. The second-order valence-corrected chi connectivity index (χ2v) is 9.18. The van der Waals surface area contributed by atoms with Gasteiger partial charge < -0.3 is 10.4 Å². The first-order chi connectivity index (χ1) is 13.3. The average Bonchev–Trinajstić information content (AvgIpc) is 3.43. The summed E-state index contributed by atoms with van der Waals surface area (Å²) in [5.41, 5.74) is 1.10. The molecule has 0 aliphatic heterocycles. The summed E-state index contributed by atoms with van der Waals surface area (Å²) in [6.07, 6.45) is 2.98. The van der Waals surface area contributed by atoms with Crippen molar-refractivity contribution in [3.8, 4) is 5.75 Å². The quantitative estimate of drug-likeness (QED) is 0.545. The third kappa shape index (κ3) is 5.38. The van der Waals surface area contributed by atoms with Crippen LogP contribution in [0.5, 0.6) is 5.75 Å². The monoisotopic (exact) mass is 442 g/mol. The van der Waals surface area contributed by atoms with E-state index in [0.717, 1.165) is 24.8 Å². The van der Waals surface area contributed by atoms with Gasteiger partial charge in [-0.2, -0.15) is 0 Å². The topological polar surface area (TPSA) is 95.5 Å². The van der Waals surface area contributed by atoms with E-state index in [9.17, 15) is 18.3 Å². The predicted octanol–water partition coefficient (Wildman–Crippen LogP) is 3.50. The molecule has 9 heteroatoms. The summed E-state index contributed by atoms with van der Waals surface area (Å²) >= 11 is 12.2. The number of carbonyl (C=O) groups is 1. The number of rotatable bonds is 8. The minimum Gasteiger partial charge on any atom is -0.508 e. The van der Waals surface area contributed by atoms with Crippen molar-refractivity contribution in [3.05, 3.63) is 57.6 Å². The number of benzene rings is 2. The molecule has 0 spiro atoms. The van der Waals surface area contributed by atoms with E-state index in [2.05, 4.69) is 10.0 Å². The van der Waals surface area contributed by atoms with Gasteiger partial charge in [-0.3, -0.25) is 4.79 Å². The summed E-state index contributed by atoms with van der Waals surface area (Å²) in [5.74, 6) is -0.258. The van der Waals surface area contributed by atoms with Gasteiger partial charge in [0.15, 0.2) is 0 Å². The fourth-order valence-corrected chi connectivity index (χ4v) is 4.81. The molecule has 0 radical (unpaired) electrons. The average molecular weight is 443 g/mol. The van der Waals surface area contributed by atoms with Gasteiger partial charge in [0.05, 0.1) is 15.6 Å². The smallest absolute Gasteiger partial charge is 0.252 e. The van der Waals surface area contributed by atoms with Crippen LogP contribution in [0.25, 0.3) is 0 Å². The molecule has 150 valence electrons. The molecule has 28 heavy (non-hydrogen) atoms. The Morgan fingerprint density at radius 1 is 1.11 bits per heavy atom. The minimum atomic E-state index is -3.81. The van der Waals surface area contributed by atoms with Gasteiger partial charge in [0, 0.05) is 12.6 Å². The number of phenolic OH excluding ortho intramolecular Hbond substituents is 1. The number of amides is 1. The Bertz CT molecular complexity index is 974. The summed E-state index contributed by atoms with van der Waals surface area (Å²) in [6, 6.07) is 9.27. The molecule has 0 aromatic heterocycles. The first kappa shape index (κ1) is 20.9. The molecule has 0 bridgehead atoms. The van der Waals surface area contributed by atoms with E-state index in [4.69, 9.17) is 23.2 Å². The Balaban J connectivity index is 1.64. The maximum absolute atomic E-state index is 12.5. The Kier molecular flexibility index (Phi) is 6.50. The molecule has 1 fully saturated rings. The minimum absolute atomic E-state index is 0.0259. The molecule has 2 aromatic carbocycles. The summed E-state index contributed by atoms with van der Waals surface area (Å²) in [7, 11) is -3.81. The van der Waals surface area contributed by atoms with Gasteiger partial charge in [-0.1, -0.05) is 35.3 Å². The number of hydrogen-bond donors (Lipinski definition) is 3. The van der Waals surface area contributed by atoms with Crippen molar-refractivity contribution in [2.45, 2.75) is 36.6 Å². The summed E-state index contributed by atoms with van der Waals surface area (Å²) < 4.78 is 27.4. The van der Waals surface area contributed by atoms with Crippen molar-refractivity contribution < 1.29 is 18.3 Å². The van der Waals surface area contributed by atoms with Crippen molar-refractivity contribution >= 4 is 39.1 Å². The van der Waals surface area contributed by atoms with Crippen LogP contribution < -0.4 is 10.0 Å². The fourth-order valence-electron chi connectivity index (χ4n) is 2.65. The largest absolute Gasteiger partial charge is 0.508 e. The standard InChI is InChI=1S/C19H20Cl2N2O4S/c20-16-11-17(21)18(28(26,27)23-13-5-6-13)10-15(16)19(25)22-9-1-2-12-3-7-14(24)8-4-12/h3-4,7-8,10-11,13,23-24H,1-2,5-6,9H2,(H,22,25). The molecule has 0 heterocycles. The number of hydrogen-bond acceptors (Lipinski definition) is 4. The van der Waals surface area contributed by atoms with Crippen molar-refractivity contribution in [1.82, 2.24) is 10.0 Å². The highest BCUT2D eigenvalue weighted by molar-refractivity contribution is 7.89. The van der Waals surface area contributed by atoms with Gasteiger partial charge >= 0.3 is 0 Å². The van der Waals surface area contributed by atoms with E-state index in [0.29, 0.717) is 13.0 Å². The molecule has 1 aliphatic rings. The normalized spacial score (nSPS) is 14.1. The van der Waals surface area contributed by atoms with Crippen molar-refractivity contribution in [2.75, 3.05) is 6.54 Å². The first-order valence-electron chi connectivity index (χ1n) is 8.84. The van der Waals surface area contributed by atoms with Crippen LogP contribution in [0.3, 0.4) is 0 Å². The highest BCUT2D eigenvalue weighted by Crippen LogP contribution is 2.30. The van der Waals surface area contributed by atoms with Crippen LogP contribution in [0.15, 0.2) is 41.3 Å². The van der Waals surface area contributed by atoms with Gasteiger partial charge in [0.2, 0.25) is 10.0 Å². The number of nitrogens with one attached hydrogen (secondary N) is 2. The molecule has 0 atom stereocenters. The molecular formula is C19H20Cl2N2O4S. The summed E-state index contributed by atoms with van der Waals surface area (Å²) in [5, 5.41) is 12.1. The van der Waals surface area contributed by atoms with E-state index in [1.807, 2.05) is 12.1 Å². The lowest BCUT2D eigenvalue weighted by atomic mass is 10.1. The molecule has 2 aromatic rings. The van der Waals surface area contributed by atoms with Crippen LogP contribution in [0, 0.1) is 0 Å². The Hall–Kier alpha value is -1.80. The van der Waals surface area contributed by atoms with E-state index in [-0.39, 0.29) is 32.3 Å². The number of sulfonamides is 1. The lowest BCUT2D eigenvalue weighted by molar-refractivity contribution is 0.0953. The highest BCUT2D eigenvalue weighted by atomic mass is 35.5. The molecule has 1 amide bonds. The van der Waals surface area contributed by atoms with E-state index in [1.54, 1.807) is 12.1 Å². The Morgan fingerprint density at radius 3 is 2.43 bits per heavy atom. The SMILES string of the molecule is O=C(NCCCc1ccc(O)cc1)c1cc(S(=O)(=O)NC2CC2)c(Cl)cc1Cl. The fraction of sp³-hybridized carbons (Fsp3) is 0.316. The van der Waals surface area contributed by atoms with Crippen LogP contribution in [-0.2, 0) is 16.4 Å². The number of aryl methyl sites for hydroxylation is 1. The van der Waals surface area contributed by atoms with Gasteiger partial charge in [-0.05, 0) is 55.5 Å². The summed E-state index contributed by atoms with van der Waals surface area (Å²) in [6.45, 7) is 0.390. The molecule has 0 saturated heterocycles. The maximum atomic E-state index is 12.5. The number of carbonyl (C=O) groups excluding carboxylic acids is 1. The van der Waals surface area contributed by atoms with Crippen molar-refractivity contribution in [3.63, 3.8) is 0 Å². The second-order valence-electron chi connectivity index (χ2n) is 6.68. The zero-order valence-electron chi connectivity index (χ0n) is 14.9. The summed E-state index contributed by atoms with van der Waals surface area (Å²) in [4.78, 5) is 12.3. The van der Waals surface area contributed by atoms with Crippen LogP contribution >= 0.6 is 23.2 Å². The first-order valence-corrected chi connectivity index (χ1v) is 11.1. The van der Waals surface area contributed by atoms with Crippen molar-refractivity contribution in [1.29, 1.82) is 0 Å². The molecular weight excluding hydrogens is 423 g/mol.